The van der Waals surface area contributed by atoms with Crippen molar-refractivity contribution in [3.63, 3.8) is 0 Å². The second kappa shape index (κ2) is 5.63. The number of hydrogen-bond acceptors (Lipinski definition) is 2. The summed E-state index contributed by atoms with van der Waals surface area (Å²) in [5.41, 5.74) is 9.67. The van der Waals surface area contributed by atoms with E-state index in [-0.39, 0.29) is 0 Å². The average molecular weight is 435 g/mol. The summed E-state index contributed by atoms with van der Waals surface area (Å²) in [6.07, 6.45) is 0. The lowest BCUT2D eigenvalue weighted by molar-refractivity contribution is 1.42. The molecule has 0 aliphatic rings. The van der Waals surface area contributed by atoms with Crippen LogP contribution in [0.1, 0.15) is 5.56 Å². The molecule has 0 bridgehead atoms. The molecule has 0 fully saturated rings. The predicted octanol–water partition coefficient (Wildman–Crippen LogP) is 5.61. The van der Waals surface area contributed by atoms with Crippen LogP contribution in [0, 0.1) is 6.92 Å². The number of halogens is 3. The summed E-state index contributed by atoms with van der Waals surface area (Å²) in [6.45, 7) is 1.99. The minimum absolute atomic E-state index is 0.778. The first-order valence-corrected chi connectivity index (χ1v) is 7.63. The van der Waals surface area contributed by atoms with Crippen LogP contribution < -0.4 is 11.1 Å². The minimum atomic E-state index is 0.778. The largest absolute Gasteiger partial charge is 0.398 e. The van der Waals surface area contributed by atoms with Gasteiger partial charge in [-0.3, -0.25) is 0 Å². The van der Waals surface area contributed by atoms with Crippen molar-refractivity contribution in [3.8, 4) is 0 Å². The van der Waals surface area contributed by atoms with Crippen LogP contribution in [-0.4, -0.2) is 0 Å². The molecule has 0 aliphatic heterocycles. The molecule has 0 amide bonds. The first kappa shape index (κ1) is 13.9. The summed E-state index contributed by atoms with van der Waals surface area (Å²) in [5.74, 6) is 0. The van der Waals surface area contributed by atoms with Crippen molar-refractivity contribution in [1.82, 2.24) is 0 Å². The molecule has 0 aromatic heterocycles. The Morgan fingerprint density at radius 2 is 1.61 bits per heavy atom. The fourth-order valence-corrected chi connectivity index (χ4v) is 2.70. The highest BCUT2D eigenvalue weighted by molar-refractivity contribution is 9.11. The van der Waals surface area contributed by atoms with Crippen LogP contribution in [0.3, 0.4) is 0 Å². The Balaban J connectivity index is 2.40. The zero-order valence-corrected chi connectivity index (χ0v) is 14.4. The maximum Gasteiger partial charge on any atom is 0.0540 e. The van der Waals surface area contributed by atoms with Crippen molar-refractivity contribution in [2.24, 2.45) is 0 Å². The van der Waals surface area contributed by atoms with Crippen LogP contribution in [0.4, 0.5) is 17.1 Å². The van der Waals surface area contributed by atoms with Gasteiger partial charge in [-0.15, -0.1) is 0 Å². The standard InChI is InChI=1S/C13H11Br3N2/c1-7-4-12(10(16)6-11(7)17)18-13-5-8(14)2-3-9(13)15/h2-6,18H,17H2,1H3. The van der Waals surface area contributed by atoms with E-state index in [4.69, 9.17) is 5.73 Å². The second-order valence-electron chi connectivity index (χ2n) is 3.94. The molecular weight excluding hydrogens is 424 g/mol. The van der Waals surface area contributed by atoms with Crippen LogP contribution in [0.5, 0.6) is 0 Å². The number of benzene rings is 2. The van der Waals surface area contributed by atoms with E-state index in [9.17, 15) is 0 Å². The first-order valence-electron chi connectivity index (χ1n) is 5.25. The van der Waals surface area contributed by atoms with Gasteiger partial charge in [-0.25, -0.2) is 0 Å². The summed E-state index contributed by atoms with van der Waals surface area (Å²) < 4.78 is 2.97. The van der Waals surface area contributed by atoms with Crippen LogP contribution in [-0.2, 0) is 0 Å². The fraction of sp³-hybridized carbons (Fsp3) is 0.0769. The molecule has 5 heteroatoms. The van der Waals surface area contributed by atoms with Gasteiger partial charge in [-0.1, -0.05) is 15.9 Å². The lowest BCUT2D eigenvalue weighted by atomic mass is 10.2. The molecule has 2 rings (SSSR count). The summed E-state index contributed by atoms with van der Waals surface area (Å²) >= 11 is 10.5. The molecule has 2 aromatic carbocycles. The Hall–Kier alpha value is -0.520. The van der Waals surface area contributed by atoms with E-state index >= 15 is 0 Å². The number of aryl methyl sites for hydroxylation is 1. The van der Waals surface area contributed by atoms with E-state index < -0.39 is 0 Å². The molecule has 0 unspecified atom stereocenters. The second-order valence-corrected chi connectivity index (χ2v) is 6.56. The van der Waals surface area contributed by atoms with Gasteiger partial charge in [0.15, 0.2) is 0 Å². The van der Waals surface area contributed by atoms with Gasteiger partial charge in [0.1, 0.15) is 0 Å². The Morgan fingerprint density at radius 3 is 2.33 bits per heavy atom. The van der Waals surface area contributed by atoms with Crippen molar-refractivity contribution < 1.29 is 0 Å². The molecule has 0 saturated carbocycles. The molecule has 0 aliphatic carbocycles. The van der Waals surface area contributed by atoms with Crippen LogP contribution in [0.25, 0.3) is 0 Å². The van der Waals surface area contributed by atoms with Gasteiger partial charge in [0.25, 0.3) is 0 Å². The maximum atomic E-state index is 5.86. The minimum Gasteiger partial charge on any atom is -0.398 e. The monoisotopic (exact) mass is 432 g/mol. The molecule has 0 saturated heterocycles. The quantitative estimate of drug-likeness (QED) is 0.603. The van der Waals surface area contributed by atoms with E-state index in [1.807, 2.05) is 37.3 Å². The third-order valence-corrected chi connectivity index (χ3v) is 4.39. The predicted molar refractivity (Wildman–Crippen MR) is 88.4 cm³/mol. The van der Waals surface area contributed by atoms with Crippen molar-refractivity contribution in [2.75, 3.05) is 11.1 Å². The van der Waals surface area contributed by atoms with Gasteiger partial charge in [0.05, 0.1) is 11.4 Å². The highest BCUT2D eigenvalue weighted by Crippen LogP contribution is 2.34. The molecule has 2 aromatic rings. The smallest absolute Gasteiger partial charge is 0.0540 e. The van der Waals surface area contributed by atoms with Gasteiger partial charge >= 0.3 is 0 Å². The molecular formula is C13H11Br3N2. The highest BCUT2D eigenvalue weighted by atomic mass is 79.9. The Bertz CT molecular complexity index is 597. The van der Waals surface area contributed by atoms with Crippen molar-refractivity contribution in [3.05, 3.63) is 49.3 Å². The van der Waals surface area contributed by atoms with Gasteiger partial charge in [-0.05, 0) is 74.7 Å². The molecule has 0 radical (unpaired) electrons. The molecule has 94 valence electrons. The summed E-state index contributed by atoms with van der Waals surface area (Å²) in [5, 5.41) is 3.37. The van der Waals surface area contributed by atoms with Crippen molar-refractivity contribution >= 4 is 64.9 Å². The summed E-state index contributed by atoms with van der Waals surface area (Å²) in [7, 11) is 0. The van der Waals surface area contributed by atoms with E-state index in [2.05, 4.69) is 53.1 Å². The first-order chi connectivity index (χ1) is 8.47. The van der Waals surface area contributed by atoms with E-state index in [1.165, 1.54) is 0 Å². The van der Waals surface area contributed by atoms with Gasteiger partial charge < -0.3 is 11.1 Å². The molecule has 2 nitrogen and oxygen atoms in total. The lowest BCUT2D eigenvalue weighted by Crippen LogP contribution is -1.96. The third kappa shape index (κ3) is 3.08. The fourth-order valence-electron chi connectivity index (χ4n) is 1.53. The van der Waals surface area contributed by atoms with Crippen molar-refractivity contribution in [1.29, 1.82) is 0 Å². The zero-order chi connectivity index (χ0) is 13.3. The highest BCUT2D eigenvalue weighted by Gasteiger charge is 2.06. The molecule has 0 spiro atoms. The molecule has 18 heavy (non-hydrogen) atoms. The number of nitrogens with one attached hydrogen (secondary N) is 1. The van der Waals surface area contributed by atoms with E-state index in [1.54, 1.807) is 0 Å². The Labute approximate surface area is 131 Å². The van der Waals surface area contributed by atoms with Crippen molar-refractivity contribution in [2.45, 2.75) is 6.92 Å². The van der Waals surface area contributed by atoms with Gasteiger partial charge in [-0.2, -0.15) is 0 Å². The Kier molecular flexibility index (Phi) is 4.35. The summed E-state index contributed by atoms with van der Waals surface area (Å²) in [4.78, 5) is 0. The number of nitrogens with two attached hydrogens (primary N) is 1. The third-order valence-electron chi connectivity index (χ3n) is 2.55. The average Bonchev–Trinajstić information content (AvgIpc) is 2.30. The SMILES string of the molecule is Cc1cc(Nc2cc(Br)ccc2Br)c(Br)cc1N. The molecule has 0 heterocycles. The summed E-state index contributed by atoms with van der Waals surface area (Å²) in [6, 6.07) is 9.92. The Morgan fingerprint density at radius 1 is 0.944 bits per heavy atom. The van der Waals surface area contributed by atoms with Crippen LogP contribution in [0.15, 0.2) is 43.7 Å². The maximum absolute atomic E-state index is 5.86. The van der Waals surface area contributed by atoms with Crippen LogP contribution >= 0.6 is 47.8 Å². The normalized spacial score (nSPS) is 10.4. The molecule has 3 N–H and O–H groups in total. The lowest BCUT2D eigenvalue weighted by Gasteiger charge is -2.13. The molecule has 0 atom stereocenters. The topological polar surface area (TPSA) is 38.0 Å². The van der Waals surface area contributed by atoms with Crippen LogP contribution in [0.2, 0.25) is 0 Å². The number of hydrogen-bond donors (Lipinski definition) is 2. The van der Waals surface area contributed by atoms with E-state index in [0.29, 0.717) is 0 Å². The number of anilines is 3. The number of rotatable bonds is 2. The van der Waals surface area contributed by atoms with Gasteiger partial charge in [0.2, 0.25) is 0 Å². The number of nitrogen functional groups attached to an aromatic ring is 1. The van der Waals surface area contributed by atoms with Gasteiger partial charge in [0, 0.05) is 19.1 Å². The van der Waals surface area contributed by atoms with E-state index in [0.717, 1.165) is 36.0 Å². The zero-order valence-electron chi connectivity index (χ0n) is 9.60.